The van der Waals surface area contributed by atoms with Crippen LogP contribution in [0.15, 0.2) is 59.7 Å². The number of thiophene rings is 1. The van der Waals surface area contributed by atoms with Crippen molar-refractivity contribution in [2.45, 2.75) is 12.8 Å². The van der Waals surface area contributed by atoms with Crippen molar-refractivity contribution in [3.63, 3.8) is 0 Å². The first-order valence-corrected chi connectivity index (χ1v) is 9.22. The zero-order valence-electron chi connectivity index (χ0n) is 14.2. The minimum absolute atomic E-state index is 0.0145. The Kier molecular flexibility index (Phi) is 4.52. The first-order chi connectivity index (χ1) is 13.1. The monoisotopic (exact) mass is 377 g/mol. The van der Waals surface area contributed by atoms with Gasteiger partial charge in [0.1, 0.15) is 0 Å². The van der Waals surface area contributed by atoms with Crippen LogP contribution in [0.5, 0.6) is 0 Å². The average molecular weight is 377 g/mol. The number of benzene rings is 2. The van der Waals surface area contributed by atoms with E-state index in [4.69, 9.17) is 0 Å². The topological polar surface area (TPSA) is 84.6 Å². The van der Waals surface area contributed by atoms with Crippen molar-refractivity contribution in [1.82, 2.24) is 5.43 Å². The molecule has 134 valence electrons. The van der Waals surface area contributed by atoms with Gasteiger partial charge in [0.05, 0.1) is 16.0 Å². The minimum Gasteiger partial charge on any atom is -0.266 e. The summed E-state index contributed by atoms with van der Waals surface area (Å²) < 4.78 is 0. The van der Waals surface area contributed by atoms with Gasteiger partial charge >= 0.3 is 0 Å². The SMILES string of the molecule is O=C(NN=Cc1ccc([N+](=O)[O-])cc1)c1cc2c(s1)-c1ccccc1CC2. The van der Waals surface area contributed by atoms with Gasteiger partial charge in [-0.2, -0.15) is 5.10 Å². The molecule has 1 N–H and O–H groups in total. The Morgan fingerprint density at radius 2 is 1.85 bits per heavy atom. The molecule has 0 saturated carbocycles. The van der Waals surface area contributed by atoms with Gasteiger partial charge in [-0.1, -0.05) is 24.3 Å². The Morgan fingerprint density at radius 1 is 1.11 bits per heavy atom. The van der Waals surface area contributed by atoms with Crippen LogP contribution in [0.1, 0.15) is 26.4 Å². The number of hydrazone groups is 1. The molecule has 1 heterocycles. The highest BCUT2D eigenvalue weighted by Gasteiger charge is 2.21. The summed E-state index contributed by atoms with van der Waals surface area (Å²) in [6.07, 6.45) is 3.38. The number of fused-ring (bicyclic) bond motifs is 3. The lowest BCUT2D eigenvalue weighted by Gasteiger charge is -2.15. The van der Waals surface area contributed by atoms with E-state index in [1.165, 1.54) is 46.4 Å². The summed E-state index contributed by atoms with van der Waals surface area (Å²) in [6, 6.07) is 16.2. The van der Waals surface area contributed by atoms with Crippen molar-refractivity contribution in [3.8, 4) is 10.4 Å². The molecule has 0 bridgehead atoms. The van der Waals surface area contributed by atoms with E-state index in [0.29, 0.717) is 10.4 Å². The Bertz CT molecular complexity index is 1050. The maximum atomic E-state index is 12.4. The highest BCUT2D eigenvalue weighted by Crippen LogP contribution is 2.39. The molecule has 1 aromatic heterocycles. The number of aryl methyl sites for hydroxylation is 2. The number of carbonyl (C=O) groups is 1. The zero-order valence-corrected chi connectivity index (χ0v) is 15.0. The molecule has 2 aromatic carbocycles. The van der Waals surface area contributed by atoms with E-state index >= 15 is 0 Å². The summed E-state index contributed by atoms with van der Waals surface area (Å²) in [5.41, 5.74) is 6.92. The third kappa shape index (κ3) is 3.50. The molecular weight excluding hydrogens is 362 g/mol. The minimum atomic E-state index is -0.459. The fourth-order valence-corrected chi connectivity index (χ4v) is 4.25. The lowest BCUT2D eigenvalue weighted by Crippen LogP contribution is -2.16. The maximum Gasteiger partial charge on any atom is 0.281 e. The lowest BCUT2D eigenvalue weighted by atomic mass is 9.91. The van der Waals surface area contributed by atoms with Gasteiger partial charge in [-0.15, -0.1) is 11.3 Å². The Hall–Kier alpha value is -3.32. The van der Waals surface area contributed by atoms with Crippen molar-refractivity contribution in [3.05, 3.63) is 86.3 Å². The summed E-state index contributed by atoms with van der Waals surface area (Å²) in [7, 11) is 0. The number of nitro groups is 1. The Balaban J connectivity index is 1.47. The maximum absolute atomic E-state index is 12.4. The number of nitro benzene ring substituents is 1. The number of rotatable bonds is 4. The van der Waals surface area contributed by atoms with Crippen LogP contribution in [0.3, 0.4) is 0 Å². The Labute approximate surface area is 159 Å². The Morgan fingerprint density at radius 3 is 2.63 bits per heavy atom. The number of hydrogen-bond donors (Lipinski definition) is 1. The second-order valence-electron chi connectivity index (χ2n) is 6.17. The molecule has 0 spiro atoms. The van der Waals surface area contributed by atoms with Crippen LogP contribution in [0.25, 0.3) is 10.4 Å². The molecule has 0 atom stereocenters. The van der Waals surface area contributed by atoms with Gasteiger partial charge in [-0.3, -0.25) is 14.9 Å². The van der Waals surface area contributed by atoms with Crippen LogP contribution in [0, 0.1) is 10.1 Å². The lowest BCUT2D eigenvalue weighted by molar-refractivity contribution is -0.384. The fourth-order valence-electron chi connectivity index (χ4n) is 3.09. The number of hydrogen-bond acceptors (Lipinski definition) is 5. The molecular formula is C20H15N3O3S. The molecule has 0 radical (unpaired) electrons. The first kappa shape index (κ1) is 17.1. The van der Waals surface area contributed by atoms with Gasteiger partial charge in [0.2, 0.25) is 0 Å². The highest BCUT2D eigenvalue weighted by molar-refractivity contribution is 7.17. The molecule has 0 aliphatic heterocycles. The number of nitrogens with one attached hydrogen (secondary N) is 1. The number of carbonyl (C=O) groups excluding carboxylic acids is 1. The number of amides is 1. The molecule has 3 aromatic rings. The van der Waals surface area contributed by atoms with Crippen molar-refractivity contribution in [2.24, 2.45) is 5.10 Å². The molecule has 0 unspecified atom stereocenters. The number of non-ortho nitro benzene ring substituents is 1. The van der Waals surface area contributed by atoms with E-state index < -0.39 is 4.92 Å². The second-order valence-corrected chi connectivity index (χ2v) is 7.22. The van der Waals surface area contributed by atoms with Crippen molar-refractivity contribution < 1.29 is 9.72 Å². The molecule has 0 fully saturated rings. The highest BCUT2D eigenvalue weighted by atomic mass is 32.1. The third-order valence-corrected chi connectivity index (χ3v) is 5.65. The summed E-state index contributed by atoms with van der Waals surface area (Å²) in [5.74, 6) is -0.259. The van der Waals surface area contributed by atoms with Gasteiger partial charge in [-0.25, -0.2) is 5.43 Å². The molecule has 1 aliphatic rings. The average Bonchev–Trinajstić information content (AvgIpc) is 3.13. The third-order valence-electron chi connectivity index (χ3n) is 4.44. The van der Waals surface area contributed by atoms with Crippen molar-refractivity contribution >= 4 is 29.1 Å². The van der Waals surface area contributed by atoms with E-state index in [2.05, 4.69) is 22.7 Å². The summed E-state index contributed by atoms with van der Waals surface area (Å²) in [4.78, 5) is 24.4. The van der Waals surface area contributed by atoms with Crippen molar-refractivity contribution in [2.75, 3.05) is 0 Å². The first-order valence-electron chi connectivity index (χ1n) is 8.40. The smallest absolute Gasteiger partial charge is 0.266 e. The van der Waals surface area contributed by atoms with E-state index in [1.54, 1.807) is 12.1 Å². The van der Waals surface area contributed by atoms with E-state index in [9.17, 15) is 14.9 Å². The standard InChI is InChI=1S/C20H15N3O3S/c24-20(22-21-12-13-5-9-16(10-6-13)23(25)26)18-11-15-8-7-14-3-1-2-4-17(14)19(15)27-18/h1-6,9-12H,7-8H2,(H,22,24). The largest absolute Gasteiger partial charge is 0.281 e. The van der Waals surface area contributed by atoms with E-state index in [1.807, 2.05) is 18.2 Å². The van der Waals surface area contributed by atoms with Crippen LogP contribution in [0.2, 0.25) is 0 Å². The summed E-state index contributed by atoms with van der Waals surface area (Å²) in [5, 5.41) is 14.6. The molecule has 1 aliphatic carbocycles. The van der Waals surface area contributed by atoms with Gasteiger partial charge in [0.25, 0.3) is 11.6 Å². The quantitative estimate of drug-likeness (QED) is 0.420. The van der Waals surface area contributed by atoms with Crippen molar-refractivity contribution in [1.29, 1.82) is 0 Å². The van der Waals surface area contributed by atoms with Gasteiger partial charge in [0, 0.05) is 17.0 Å². The van der Waals surface area contributed by atoms with Crippen LogP contribution in [0.4, 0.5) is 5.69 Å². The van der Waals surface area contributed by atoms with Crippen LogP contribution >= 0.6 is 11.3 Å². The summed E-state index contributed by atoms with van der Waals surface area (Å²) >= 11 is 1.48. The zero-order chi connectivity index (χ0) is 18.8. The van der Waals surface area contributed by atoms with E-state index in [-0.39, 0.29) is 11.6 Å². The van der Waals surface area contributed by atoms with E-state index in [0.717, 1.165) is 17.7 Å². The molecule has 27 heavy (non-hydrogen) atoms. The molecule has 1 amide bonds. The van der Waals surface area contributed by atoms with Gasteiger partial charge in [-0.05, 0) is 53.3 Å². The molecule has 4 rings (SSSR count). The second kappa shape index (κ2) is 7.13. The normalized spacial score (nSPS) is 12.4. The fraction of sp³-hybridized carbons (Fsp3) is 0.100. The predicted octanol–water partition coefficient (Wildman–Crippen LogP) is 4.19. The molecule has 6 nitrogen and oxygen atoms in total. The molecule has 7 heteroatoms. The van der Waals surface area contributed by atoms with Crippen LogP contribution in [-0.2, 0) is 12.8 Å². The molecule has 0 saturated heterocycles. The number of nitrogens with zero attached hydrogens (tertiary/aromatic N) is 2. The van der Waals surface area contributed by atoms with Gasteiger partial charge in [0.15, 0.2) is 0 Å². The van der Waals surface area contributed by atoms with Crippen LogP contribution in [-0.4, -0.2) is 17.0 Å². The van der Waals surface area contributed by atoms with Gasteiger partial charge < -0.3 is 0 Å². The van der Waals surface area contributed by atoms with Crippen LogP contribution < -0.4 is 5.43 Å². The summed E-state index contributed by atoms with van der Waals surface area (Å²) in [6.45, 7) is 0. The predicted molar refractivity (Wildman–Crippen MR) is 105 cm³/mol.